The molecule has 1 nitrogen and oxygen atoms in total. The molecule has 0 aromatic heterocycles. The van der Waals surface area contributed by atoms with Crippen LogP contribution >= 0.6 is 23.4 Å². The summed E-state index contributed by atoms with van der Waals surface area (Å²) in [4.78, 5) is 10.1. The van der Waals surface area contributed by atoms with E-state index in [0.717, 1.165) is 11.5 Å². The van der Waals surface area contributed by atoms with Crippen LogP contribution in [0.15, 0.2) is 0 Å². The van der Waals surface area contributed by atoms with Crippen molar-refractivity contribution in [3.63, 3.8) is 0 Å². The van der Waals surface area contributed by atoms with Crippen LogP contribution in [0.25, 0.3) is 0 Å². The molecule has 0 aliphatic rings. The second-order valence-electron chi connectivity index (χ2n) is 1.30. The monoisotopic (exact) mass is 152 g/mol. The molecular formula is C5H9ClOS. The van der Waals surface area contributed by atoms with Crippen LogP contribution < -0.4 is 0 Å². The van der Waals surface area contributed by atoms with Crippen molar-refractivity contribution in [3.8, 4) is 0 Å². The van der Waals surface area contributed by atoms with Gasteiger partial charge in [0.1, 0.15) is 0 Å². The van der Waals surface area contributed by atoms with E-state index in [9.17, 15) is 4.79 Å². The third-order valence-corrected chi connectivity index (χ3v) is 1.74. The van der Waals surface area contributed by atoms with Crippen LogP contribution in [0.3, 0.4) is 0 Å². The Morgan fingerprint density at radius 2 is 2.38 bits per heavy atom. The molecule has 0 aliphatic carbocycles. The zero-order valence-electron chi connectivity index (χ0n) is 4.82. The van der Waals surface area contributed by atoms with Gasteiger partial charge in [-0.15, -0.1) is 0 Å². The molecule has 0 amide bonds. The Kier molecular flexibility index (Phi) is 5.66. The van der Waals surface area contributed by atoms with Gasteiger partial charge in [-0.2, -0.15) is 11.8 Å². The van der Waals surface area contributed by atoms with Crippen LogP contribution in [0, 0.1) is 0 Å². The van der Waals surface area contributed by atoms with Crippen molar-refractivity contribution in [2.45, 2.75) is 13.3 Å². The highest BCUT2D eigenvalue weighted by Crippen LogP contribution is 2.01. The predicted octanol–water partition coefficient (Wildman–Crippen LogP) is 1.90. The molecule has 0 spiro atoms. The molecule has 0 saturated heterocycles. The van der Waals surface area contributed by atoms with E-state index in [1.807, 2.05) is 0 Å². The Bertz CT molecular complexity index is 74.8. The summed E-state index contributed by atoms with van der Waals surface area (Å²) in [5.74, 6) is 1.92. The van der Waals surface area contributed by atoms with Gasteiger partial charge < -0.3 is 0 Å². The lowest BCUT2D eigenvalue weighted by atomic mass is 10.6. The molecule has 0 rings (SSSR count). The largest absolute Gasteiger partial charge is 0.281 e. The van der Waals surface area contributed by atoms with Gasteiger partial charge in [0.05, 0.1) is 0 Å². The molecule has 8 heavy (non-hydrogen) atoms. The quantitative estimate of drug-likeness (QED) is 0.452. The van der Waals surface area contributed by atoms with Crippen molar-refractivity contribution in [2.24, 2.45) is 0 Å². The standard InChI is InChI=1S/C5H9ClOS/c1-2-8-4-3-5(6)7/h2-4H2,1H3. The Labute approximate surface area is 58.8 Å². The van der Waals surface area contributed by atoms with Gasteiger partial charge in [0, 0.05) is 12.2 Å². The molecule has 48 valence electrons. The maximum Gasteiger partial charge on any atom is 0.222 e. The van der Waals surface area contributed by atoms with Crippen molar-refractivity contribution >= 4 is 28.6 Å². The van der Waals surface area contributed by atoms with Crippen molar-refractivity contribution in [3.05, 3.63) is 0 Å². The summed E-state index contributed by atoms with van der Waals surface area (Å²) in [6, 6.07) is 0. The average Bonchev–Trinajstić information content (AvgIpc) is 1.66. The highest BCUT2D eigenvalue weighted by molar-refractivity contribution is 7.99. The fourth-order valence-corrected chi connectivity index (χ4v) is 1.12. The van der Waals surface area contributed by atoms with Crippen LogP contribution in [0.5, 0.6) is 0 Å². The molecule has 0 aromatic carbocycles. The minimum Gasteiger partial charge on any atom is -0.281 e. The molecule has 0 radical (unpaired) electrons. The lowest BCUT2D eigenvalue weighted by Gasteiger charge is -1.89. The zero-order valence-corrected chi connectivity index (χ0v) is 6.39. The van der Waals surface area contributed by atoms with Gasteiger partial charge >= 0.3 is 0 Å². The van der Waals surface area contributed by atoms with Gasteiger partial charge in [-0.1, -0.05) is 6.92 Å². The minimum absolute atomic E-state index is 0.231. The highest BCUT2D eigenvalue weighted by atomic mass is 35.5. The van der Waals surface area contributed by atoms with E-state index in [1.165, 1.54) is 0 Å². The van der Waals surface area contributed by atoms with Gasteiger partial charge in [-0.05, 0) is 17.4 Å². The molecule has 0 atom stereocenters. The van der Waals surface area contributed by atoms with Crippen LogP contribution in [0.2, 0.25) is 0 Å². The summed E-state index contributed by atoms with van der Waals surface area (Å²) in [7, 11) is 0. The first-order valence-corrected chi connectivity index (χ1v) is 4.06. The number of carbonyl (C=O) groups excluding carboxylic acids is 1. The lowest BCUT2D eigenvalue weighted by Crippen LogP contribution is -1.87. The summed E-state index contributed by atoms with van der Waals surface area (Å²) in [6.45, 7) is 2.06. The topological polar surface area (TPSA) is 17.1 Å². The number of rotatable bonds is 4. The first kappa shape index (κ1) is 8.31. The van der Waals surface area contributed by atoms with Gasteiger partial charge in [0.2, 0.25) is 5.24 Å². The molecule has 0 heterocycles. The molecule has 0 saturated carbocycles. The zero-order chi connectivity index (χ0) is 6.41. The fourth-order valence-electron chi connectivity index (χ4n) is 0.297. The molecule has 3 heteroatoms. The highest BCUT2D eigenvalue weighted by Gasteiger charge is 1.92. The normalized spacial score (nSPS) is 9.25. The van der Waals surface area contributed by atoms with E-state index in [1.54, 1.807) is 11.8 Å². The maximum atomic E-state index is 10.1. The first-order chi connectivity index (χ1) is 3.77. The molecule has 0 bridgehead atoms. The summed E-state index contributed by atoms with van der Waals surface area (Å²) in [5.41, 5.74) is 0. The third-order valence-electron chi connectivity index (χ3n) is 0.647. The third kappa shape index (κ3) is 6.31. The number of halogens is 1. The van der Waals surface area contributed by atoms with Gasteiger partial charge in [-0.25, -0.2) is 0 Å². The molecular weight excluding hydrogens is 144 g/mol. The molecule has 0 N–H and O–H groups in total. The molecule has 0 unspecified atom stereocenters. The second kappa shape index (κ2) is 5.45. The Hall–Kier alpha value is 0.310. The van der Waals surface area contributed by atoms with Crippen molar-refractivity contribution in [1.29, 1.82) is 0 Å². The first-order valence-electron chi connectivity index (χ1n) is 2.53. The van der Waals surface area contributed by atoms with Crippen LogP contribution in [0.4, 0.5) is 0 Å². The molecule has 0 fully saturated rings. The lowest BCUT2D eigenvalue weighted by molar-refractivity contribution is -0.111. The van der Waals surface area contributed by atoms with Gasteiger partial charge in [0.25, 0.3) is 0 Å². The van der Waals surface area contributed by atoms with Gasteiger partial charge in [0.15, 0.2) is 0 Å². The second-order valence-corrected chi connectivity index (χ2v) is 3.12. The van der Waals surface area contributed by atoms with Gasteiger partial charge in [-0.3, -0.25) is 4.79 Å². The van der Waals surface area contributed by atoms with E-state index >= 15 is 0 Å². The predicted molar refractivity (Wildman–Crippen MR) is 38.5 cm³/mol. The van der Waals surface area contributed by atoms with Crippen molar-refractivity contribution < 1.29 is 4.79 Å². The Morgan fingerprint density at radius 3 is 2.75 bits per heavy atom. The minimum atomic E-state index is -0.231. The van der Waals surface area contributed by atoms with E-state index in [-0.39, 0.29) is 5.24 Å². The smallest absolute Gasteiger partial charge is 0.222 e. The van der Waals surface area contributed by atoms with E-state index in [0.29, 0.717) is 6.42 Å². The van der Waals surface area contributed by atoms with Crippen molar-refractivity contribution in [2.75, 3.05) is 11.5 Å². The molecule has 0 aromatic rings. The van der Waals surface area contributed by atoms with E-state index < -0.39 is 0 Å². The number of hydrogen-bond acceptors (Lipinski definition) is 2. The number of hydrogen-bond donors (Lipinski definition) is 0. The summed E-state index contributed by atoms with van der Waals surface area (Å²) < 4.78 is 0. The summed E-state index contributed by atoms with van der Waals surface area (Å²) in [6.07, 6.45) is 0.500. The summed E-state index contributed by atoms with van der Waals surface area (Å²) >= 11 is 6.79. The SMILES string of the molecule is CCSCCC(=O)Cl. The van der Waals surface area contributed by atoms with Crippen LogP contribution in [-0.4, -0.2) is 16.7 Å². The fraction of sp³-hybridized carbons (Fsp3) is 0.800. The number of carbonyl (C=O) groups is 1. The maximum absolute atomic E-state index is 10.1. The van der Waals surface area contributed by atoms with Crippen molar-refractivity contribution in [1.82, 2.24) is 0 Å². The van der Waals surface area contributed by atoms with E-state index in [4.69, 9.17) is 11.6 Å². The van der Waals surface area contributed by atoms with E-state index in [2.05, 4.69) is 6.92 Å². The van der Waals surface area contributed by atoms with Crippen LogP contribution in [-0.2, 0) is 4.79 Å². The Morgan fingerprint density at radius 1 is 1.75 bits per heavy atom. The average molecular weight is 153 g/mol. The Balaban J connectivity index is 2.82. The number of thioether (sulfide) groups is 1. The summed E-state index contributed by atoms with van der Waals surface area (Å²) in [5, 5.41) is -0.231. The van der Waals surface area contributed by atoms with Crippen LogP contribution in [0.1, 0.15) is 13.3 Å². The molecule has 0 aliphatic heterocycles.